The SMILES string of the molecule is COc1ccc2ncc(=O)n(CCN3CCC(NCc4ccc(C)c(N)c4)CC3)c2c1. The minimum atomic E-state index is -0.0744. The summed E-state index contributed by atoms with van der Waals surface area (Å²) in [6.45, 7) is 6.41. The van der Waals surface area contributed by atoms with Gasteiger partial charge in [-0.15, -0.1) is 0 Å². The van der Waals surface area contributed by atoms with Gasteiger partial charge in [0.1, 0.15) is 5.75 Å². The topological polar surface area (TPSA) is 85.4 Å². The fraction of sp³-hybridized carbons (Fsp3) is 0.417. The molecule has 31 heavy (non-hydrogen) atoms. The number of nitrogens with zero attached hydrogens (tertiary/aromatic N) is 3. The highest BCUT2D eigenvalue weighted by Gasteiger charge is 2.19. The Hall–Kier alpha value is -2.90. The van der Waals surface area contributed by atoms with E-state index in [1.54, 1.807) is 11.7 Å². The van der Waals surface area contributed by atoms with Gasteiger partial charge >= 0.3 is 0 Å². The number of rotatable bonds is 7. The molecule has 2 aromatic carbocycles. The second kappa shape index (κ2) is 9.49. The third-order valence-electron chi connectivity index (χ3n) is 6.22. The Morgan fingerprint density at radius 1 is 1.16 bits per heavy atom. The van der Waals surface area contributed by atoms with Gasteiger partial charge < -0.3 is 25.3 Å². The number of piperidine rings is 1. The fourth-order valence-electron chi connectivity index (χ4n) is 4.16. The van der Waals surface area contributed by atoms with E-state index >= 15 is 0 Å². The lowest BCUT2D eigenvalue weighted by Gasteiger charge is -2.32. The Morgan fingerprint density at radius 2 is 1.97 bits per heavy atom. The number of hydrogen-bond acceptors (Lipinski definition) is 6. The van der Waals surface area contributed by atoms with Crippen molar-refractivity contribution in [3.05, 3.63) is 64.1 Å². The van der Waals surface area contributed by atoms with Crippen LogP contribution in [0.5, 0.6) is 5.75 Å². The summed E-state index contributed by atoms with van der Waals surface area (Å²) in [5.74, 6) is 0.732. The lowest BCUT2D eigenvalue weighted by atomic mass is 10.0. The molecule has 4 rings (SSSR count). The monoisotopic (exact) mass is 421 g/mol. The van der Waals surface area contributed by atoms with Crippen molar-refractivity contribution in [2.75, 3.05) is 32.5 Å². The van der Waals surface area contributed by atoms with Crippen molar-refractivity contribution in [1.82, 2.24) is 19.8 Å². The number of fused-ring (bicyclic) bond motifs is 1. The largest absolute Gasteiger partial charge is 0.497 e. The summed E-state index contributed by atoms with van der Waals surface area (Å²) >= 11 is 0. The van der Waals surface area contributed by atoms with Gasteiger partial charge in [-0.3, -0.25) is 4.79 Å². The van der Waals surface area contributed by atoms with Crippen molar-refractivity contribution < 1.29 is 4.74 Å². The second-order valence-corrected chi connectivity index (χ2v) is 8.29. The number of nitrogens with two attached hydrogens (primary N) is 1. The van der Waals surface area contributed by atoms with E-state index in [1.165, 1.54) is 11.8 Å². The highest BCUT2D eigenvalue weighted by atomic mass is 16.5. The average molecular weight is 422 g/mol. The Morgan fingerprint density at radius 3 is 2.71 bits per heavy atom. The standard InChI is InChI=1S/C24H31N5O2/c1-17-3-4-18(13-21(17)25)15-26-19-7-9-28(10-8-19)11-12-29-23-14-20(31-2)5-6-22(23)27-16-24(29)30/h3-6,13-14,16,19,26H,7-12,15,25H2,1-2H3. The molecular formula is C24H31N5O2. The maximum Gasteiger partial charge on any atom is 0.269 e. The van der Waals surface area contributed by atoms with Crippen LogP contribution in [-0.4, -0.2) is 47.2 Å². The third kappa shape index (κ3) is 5.06. The van der Waals surface area contributed by atoms with Gasteiger partial charge in [0.2, 0.25) is 0 Å². The second-order valence-electron chi connectivity index (χ2n) is 8.29. The quantitative estimate of drug-likeness (QED) is 0.571. The first-order chi connectivity index (χ1) is 15.0. The molecular weight excluding hydrogens is 390 g/mol. The van der Waals surface area contributed by atoms with Gasteiger partial charge in [0.05, 0.1) is 24.3 Å². The number of hydrogen-bond donors (Lipinski definition) is 2. The number of anilines is 1. The molecule has 0 radical (unpaired) electrons. The number of ether oxygens (including phenoxy) is 1. The van der Waals surface area contributed by atoms with Crippen molar-refractivity contribution in [2.24, 2.45) is 0 Å². The first-order valence-electron chi connectivity index (χ1n) is 10.9. The molecule has 0 aliphatic carbocycles. The maximum atomic E-state index is 12.4. The zero-order chi connectivity index (χ0) is 21.8. The Bertz CT molecular complexity index is 1100. The van der Waals surface area contributed by atoms with Crippen molar-refractivity contribution in [3.63, 3.8) is 0 Å². The highest BCUT2D eigenvalue weighted by molar-refractivity contribution is 5.76. The number of aromatic nitrogens is 2. The van der Waals surface area contributed by atoms with Crippen molar-refractivity contribution in [2.45, 2.75) is 38.9 Å². The van der Waals surface area contributed by atoms with E-state index in [1.807, 2.05) is 25.1 Å². The van der Waals surface area contributed by atoms with Crippen LogP contribution in [0, 0.1) is 6.92 Å². The fourth-order valence-corrected chi connectivity index (χ4v) is 4.16. The molecule has 1 aliphatic rings. The number of aryl methyl sites for hydroxylation is 1. The minimum absolute atomic E-state index is 0.0744. The maximum absolute atomic E-state index is 12.4. The van der Waals surface area contributed by atoms with E-state index in [9.17, 15) is 4.79 Å². The van der Waals surface area contributed by atoms with Crippen molar-refractivity contribution in [1.29, 1.82) is 0 Å². The van der Waals surface area contributed by atoms with Gasteiger partial charge in [-0.05, 0) is 62.2 Å². The van der Waals surface area contributed by atoms with Crippen molar-refractivity contribution >= 4 is 16.7 Å². The smallest absolute Gasteiger partial charge is 0.269 e. The van der Waals surface area contributed by atoms with E-state index in [-0.39, 0.29) is 5.56 Å². The van der Waals surface area contributed by atoms with Gasteiger partial charge in [0.15, 0.2) is 0 Å². The molecule has 1 fully saturated rings. The molecule has 3 N–H and O–H groups in total. The summed E-state index contributed by atoms with van der Waals surface area (Å²) in [7, 11) is 1.63. The van der Waals surface area contributed by atoms with E-state index in [0.717, 1.165) is 67.1 Å². The number of benzene rings is 2. The Kier molecular flexibility index (Phi) is 6.53. The molecule has 0 spiro atoms. The van der Waals surface area contributed by atoms with Crippen LogP contribution in [0.15, 0.2) is 47.4 Å². The van der Waals surface area contributed by atoms with Crippen LogP contribution in [-0.2, 0) is 13.1 Å². The zero-order valence-electron chi connectivity index (χ0n) is 18.3. The molecule has 0 amide bonds. The molecule has 7 nitrogen and oxygen atoms in total. The molecule has 7 heteroatoms. The Labute approximate surface area is 182 Å². The summed E-state index contributed by atoms with van der Waals surface area (Å²) in [6.07, 6.45) is 3.60. The van der Waals surface area contributed by atoms with Crippen LogP contribution < -0.4 is 21.3 Å². The van der Waals surface area contributed by atoms with E-state index in [4.69, 9.17) is 10.5 Å². The van der Waals surface area contributed by atoms with Crippen molar-refractivity contribution in [3.8, 4) is 5.75 Å². The summed E-state index contributed by atoms with van der Waals surface area (Å²) in [5, 5.41) is 3.67. The van der Waals surface area contributed by atoms with Gasteiger partial charge in [-0.25, -0.2) is 4.98 Å². The Balaban J connectivity index is 1.31. The number of methoxy groups -OCH3 is 1. The highest BCUT2D eigenvalue weighted by Crippen LogP contribution is 2.18. The average Bonchev–Trinajstić information content (AvgIpc) is 2.79. The van der Waals surface area contributed by atoms with E-state index < -0.39 is 0 Å². The van der Waals surface area contributed by atoms with E-state index in [2.05, 4.69) is 33.4 Å². The zero-order valence-corrected chi connectivity index (χ0v) is 18.3. The van der Waals surface area contributed by atoms with Crippen LogP contribution in [0.25, 0.3) is 11.0 Å². The first-order valence-corrected chi connectivity index (χ1v) is 10.9. The summed E-state index contributed by atoms with van der Waals surface area (Å²) in [6, 6.07) is 12.4. The molecule has 0 bridgehead atoms. The molecule has 0 atom stereocenters. The van der Waals surface area contributed by atoms with E-state index in [0.29, 0.717) is 12.6 Å². The van der Waals surface area contributed by atoms with Crippen LogP contribution >= 0.6 is 0 Å². The molecule has 1 saturated heterocycles. The molecule has 3 aromatic rings. The number of nitrogen functional groups attached to an aromatic ring is 1. The summed E-state index contributed by atoms with van der Waals surface area (Å²) in [4.78, 5) is 19.1. The van der Waals surface area contributed by atoms with Crippen LogP contribution in [0.4, 0.5) is 5.69 Å². The van der Waals surface area contributed by atoms with Gasteiger partial charge in [0, 0.05) is 37.4 Å². The molecule has 1 aromatic heterocycles. The van der Waals surface area contributed by atoms with Crippen LogP contribution in [0.3, 0.4) is 0 Å². The van der Waals surface area contributed by atoms with Gasteiger partial charge in [-0.2, -0.15) is 0 Å². The van der Waals surface area contributed by atoms with Crippen LogP contribution in [0.2, 0.25) is 0 Å². The third-order valence-corrected chi connectivity index (χ3v) is 6.22. The first kappa shape index (κ1) is 21.3. The normalized spacial score (nSPS) is 15.4. The van der Waals surface area contributed by atoms with Gasteiger partial charge in [-0.1, -0.05) is 12.1 Å². The predicted molar refractivity (Wildman–Crippen MR) is 124 cm³/mol. The number of likely N-dealkylation sites (tertiary alicyclic amines) is 1. The lowest BCUT2D eigenvalue weighted by molar-refractivity contribution is 0.191. The molecule has 164 valence electrons. The lowest BCUT2D eigenvalue weighted by Crippen LogP contribution is -2.43. The molecule has 2 heterocycles. The predicted octanol–water partition coefficient (Wildman–Crippen LogP) is 2.55. The summed E-state index contributed by atoms with van der Waals surface area (Å²) in [5.41, 5.74) is 10.8. The summed E-state index contributed by atoms with van der Waals surface area (Å²) < 4.78 is 7.13. The molecule has 1 aliphatic heterocycles. The number of nitrogens with one attached hydrogen (secondary N) is 1. The minimum Gasteiger partial charge on any atom is -0.497 e. The molecule has 0 unspecified atom stereocenters. The van der Waals surface area contributed by atoms with Gasteiger partial charge in [0.25, 0.3) is 5.56 Å². The molecule has 0 saturated carbocycles. The van der Waals surface area contributed by atoms with Crippen LogP contribution in [0.1, 0.15) is 24.0 Å².